The van der Waals surface area contributed by atoms with Gasteiger partial charge in [-0.25, -0.2) is 0 Å². The number of carbonyl (C=O) groups excluding carboxylic acids is 1. The third-order valence-electron chi connectivity index (χ3n) is 2.08. The van der Waals surface area contributed by atoms with Crippen LogP contribution >= 0.6 is 11.8 Å². The van der Waals surface area contributed by atoms with E-state index >= 15 is 0 Å². The van der Waals surface area contributed by atoms with Crippen LogP contribution < -0.4 is 10.6 Å². The first kappa shape index (κ1) is 14.8. The van der Waals surface area contributed by atoms with E-state index in [1.807, 2.05) is 25.6 Å². The second-order valence-electron chi connectivity index (χ2n) is 3.90. The highest BCUT2D eigenvalue weighted by Gasteiger charge is 2.04. The fraction of sp³-hybridized carbons (Fsp3) is 0.909. The number of rotatable bonds is 9. The molecule has 0 aromatic carbocycles. The zero-order chi connectivity index (χ0) is 11.5. The summed E-state index contributed by atoms with van der Waals surface area (Å²) in [6, 6.07) is 0. The molecule has 4 heteroatoms. The molecule has 0 atom stereocenters. The third kappa shape index (κ3) is 10.1. The molecule has 0 saturated carbocycles. The van der Waals surface area contributed by atoms with Crippen molar-refractivity contribution < 1.29 is 4.79 Å². The van der Waals surface area contributed by atoms with Crippen molar-refractivity contribution in [1.82, 2.24) is 10.6 Å². The molecule has 0 unspecified atom stereocenters. The van der Waals surface area contributed by atoms with Crippen molar-refractivity contribution in [3.05, 3.63) is 0 Å². The molecular weight excluding hydrogens is 208 g/mol. The molecular formula is C11H24N2OS. The minimum absolute atomic E-state index is 0.0894. The minimum Gasteiger partial charge on any atom is -0.355 e. The molecule has 0 aromatic rings. The summed E-state index contributed by atoms with van der Waals surface area (Å²) in [4.78, 5) is 11.2. The van der Waals surface area contributed by atoms with Gasteiger partial charge in [-0.05, 0) is 31.4 Å². The molecule has 0 aliphatic carbocycles. The SMILES string of the molecule is CSCCCCNCCNC(=O)C(C)C. The third-order valence-corrected chi connectivity index (χ3v) is 2.77. The molecule has 2 N–H and O–H groups in total. The monoisotopic (exact) mass is 232 g/mol. The summed E-state index contributed by atoms with van der Waals surface area (Å²) in [5.41, 5.74) is 0. The van der Waals surface area contributed by atoms with Crippen molar-refractivity contribution in [2.75, 3.05) is 31.6 Å². The first-order valence-corrected chi connectivity index (χ1v) is 7.05. The van der Waals surface area contributed by atoms with Crippen molar-refractivity contribution in [3.63, 3.8) is 0 Å². The Morgan fingerprint density at radius 3 is 2.53 bits per heavy atom. The number of amides is 1. The first-order chi connectivity index (χ1) is 7.18. The highest BCUT2D eigenvalue weighted by Crippen LogP contribution is 1.97. The Hall–Kier alpha value is -0.220. The molecule has 0 radical (unpaired) electrons. The molecule has 0 bridgehead atoms. The quantitative estimate of drug-likeness (QED) is 0.592. The average Bonchev–Trinajstić information content (AvgIpc) is 2.21. The standard InChI is InChI=1S/C11H24N2OS/c1-10(2)11(14)13-8-7-12-6-4-5-9-15-3/h10,12H,4-9H2,1-3H3,(H,13,14). The molecule has 90 valence electrons. The molecule has 0 aliphatic heterocycles. The zero-order valence-electron chi connectivity index (χ0n) is 10.1. The topological polar surface area (TPSA) is 41.1 Å². The number of thioether (sulfide) groups is 1. The maximum absolute atomic E-state index is 11.2. The number of hydrogen-bond donors (Lipinski definition) is 2. The molecule has 0 rings (SSSR count). The van der Waals surface area contributed by atoms with Gasteiger partial charge in [-0.1, -0.05) is 13.8 Å². The van der Waals surface area contributed by atoms with Crippen LogP contribution in [0.15, 0.2) is 0 Å². The molecule has 0 heterocycles. The fourth-order valence-electron chi connectivity index (χ4n) is 1.10. The number of unbranched alkanes of at least 4 members (excludes halogenated alkanes) is 1. The summed E-state index contributed by atoms with van der Waals surface area (Å²) >= 11 is 1.89. The van der Waals surface area contributed by atoms with Crippen LogP contribution in [0, 0.1) is 5.92 Å². The Kier molecular flexibility index (Phi) is 10.2. The van der Waals surface area contributed by atoms with Crippen LogP contribution in [0.3, 0.4) is 0 Å². The average molecular weight is 232 g/mol. The number of hydrogen-bond acceptors (Lipinski definition) is 3. The highest BCUT2D eigenvalue weighted by molar-refractivity contribution is 7.98. The lowest BCUT2D eigenvalue weighted by atomic mass is 10.2. The van der Waals surface area contributed by atoms with Gasteiger partial charge in [-0.15, -0.1) is 0 Å². The van der Waals surface area contributed by atoms with Gasteiger partial charge in [0.2, 0.25) is 5.91 Å². The first-order valence-electron chi connectivity index (χ1n) is 5.66. The second kappa shape index (κ2) is 10.3. The van der Waals surface area contributed by atoms with Crippen molar-refractivity contribution in [3.8, 4) is 0 Å². The van der Waals surface area contributed by atoms with Crippen molar-refractivity contribution in [2.24, 2.45) is 5.92 Å². The van der Waals surface area contributed by atoms with E-state index < -0.39 is 0 Å². The molecule has 0 spiro atoms. The smallest absolute Gasteiger partial charge is 0.222 e. The van der Waals surface area contributed by atoms with E-state index in [1.165, 1.54) is 18.6 Å². The maximum Gasteiger partial charge on any atom is 0.222 e. The summed E-state index contributed by atoms with van der Waals surface area (Å²) in [5, 5.41) is 6.19. The Morgan fingerprint density at radius 2 is 1.93 bits per heavy atom. The lowest BCUT2D eigenvalue weighted by Gasteiger charge is -2.08. The second-order valence-corrected chi connectivity index (χ2v) is 4.88. The molecule has 0 saturated heterocycles. The molecule has 0 aromatic heterocycles. The van der Waals surface area contributed by atoms with E-state index in [2.05, 4.69) is 16.9 Å². The summed E-state index contributed by atoms with van der Waals surface area (Å²) in [6.07, 6.45) is 4.63. The molecule has 15 heavy (non-hydrogen) atoms. The van der Waals surface area contributed by atoms with E-state index in [4.69, 9.17) is 0 Å². The molecule has 1 amide bonds. The molecule has 3 nitrogen and oxygen atoms in total. The Labute approximate surface area is 97.8 Å². The summed E-state index contributed by atoms with van der Waals surface area (Å²) < 4.78 is 0. The lowest BCUT2D eigenvalue weighted by Crippen LogP contribution is -2.34. The predicted octanol–water partition coefficient (Wildman–Crippen LogP) is 1.49. The van der Waals surface area contributed by atoms with Crippen LogP contribution in [0.4, 0.5) is 0 Å². The maximum atomic E-state index is 11.2. The van der Waals surface area contributed by atoms with E-state index in [0.29, 0.717) is 0 Å². The Morgan fingerprint density at radius 1 is 1.20 bits per heavy atom. The van der Waals surface area contributed by atoms with Crippen molar-refractivity contribution in [2.45, 2.75) is 26.7 Å². The molecule has 0 fully saturated rings. The summed E-state index contributed by atoms with van der Waals surface area (Å²) in [7, 11) is 0. The van der Waals surface area contributed by atoms with Crippen LogP contribution in [-0.2, 0) is 4.79 Å². The lowest BCUT2D eigenvalue weighted by molar-refractivity contribution is -0.123. The van der Waals surface area contributed by atoms with Crippen LogP contribution in [0.25, 0.3) is 0 Å². The van der Waals surface area contributed by atoms with Gasteiger partial charge in [0, 0.05) is 19.0 Å². The Bertz CT molecular complexity index is 163. The normalized spacial score (nSPS) is 10.7. The number of carbonyl (C=O) groups is 1. The van der Waals surface area contributed by atoms with Crippen LogP contribution in [0.2, 0.25) is 0 Å². The van der Waals surface area contributed by atoms with Gasteiger partial charge in [0.1, 0.15) is 0 Å². The van der Waals surface area contributed by atoms with Crippen LogP contribution in [0.5, 0.6) is 0 Å². The fourth-order valence-corrected chi connectivity index (χ4v) is 1.59. The van der Waals surface area contributed by atoms with Gasteiger partial charge < -0.3 is 10.6 Å². The van der Waals surface area contributed by atoms with Gasteiger partial charge in [0.05, 0.1) is 0 Å². The van der Waals surface area contributed by atoms with E-state index in [1.54, 1.807) is 0 Å². The number of nitrogens with one attached hydrogen (secondary N) is 2. The van der Waals surface area contributed by atoms with Crippen molar-refractivity contribution >= 4 is 17.7 Å². The van der Waals surface area contributed by atoms with E-state index in [0.717, 1.165) is 19.6 Å². The van der Waals surface area contributed by atoms with Crippen LogP contribution in [-0.4, -0.2) is 37.6 Å². The van der Waals surface area contributed by atoms with Gasteiger partial charge in [-0.2, -0.15) is 11.8 Å². The van der Waals surface area contributed by atoms with Crippen LogP contribution in [0.1, 0.15) is 26.7 Å². The van der Waals surface area contributed by atoms with Gasteiger partial charge >= 0.3 is 0 Å². The van der Waals surface area contributed by atoms with E-state index in [-0.39, 0.29) is 11.8 Å². The predicted molar refractivity (Wildman–Crippen MR) is 68.3 cm³/mol. The Balaban J connectivity index is 3.08. The van der Waals surface area contributed by atoms with E-state index in [9.17, 15) is 4.79 Å². The summed E-state index contributed by atoms with van der Waals surface area (Å²) in [6.45, 7) is 6.48. The minimum atomic E-state index is 0.0894. The van der Waals surface area contributed by atoms with Crippen molar-refractivity contribution in [1.29, 1.82) is 0 Å². The van der Waals surface area contributed by atoms with Gasteiger partial charge in [0.25, 0.3) is 0 Å². The largest absolute Gasteiger partial charge is 0.355 e. The zero-order valence-corrected chi connectivity index (χ0v) is 11.0. The highest BCUT2D eigenvalue weighted by atomic mass is 32.2. The molecule has 0 aliphatic rings. The van der Waals surface area contributed by atoms with Gasteiger partial charge in [-0.3, -0.25) is 4.79 Å². The van der Waals surface area contributed by atoms with Gasteiger partial charge in [0.15, 0.2) is 0 Å². The summed E-state index contributed by atoms with van der Waals surface area (Å²) in [5.74, 6) is 1.47.